The number of fused-ring (bicyclic) bond motifs is 1. The number of hydrogen-bond donors (Lipinski definition) is 0. The van der Waals surface area contributed by atoms with Crippen LogP contribution in [0.5, 0.6) is 5.75 Å². The molecule has 0 aromatic heterocycles. The molecule has 0 unspecified atom stereocenters. The van der Waals surface area contributed by atoms with Gasteiger partial charge >= 0.3 is 5.91 Å². The highest BCUT2D eigenvalue weighted by Crippen LogP contribution is 2.29. The lowest BCUT2D eigenvalue weighted by Crippen LogP contribution is -2.39. The first kappa shape index (κ1) is 14.1. The van der Waals surface area contributed by atoms with Crippen molar-refractivity contribution in [2.24, 2.45) is 0 Å². The number of ketones is 1. The number of benzene rings is 2. The summed E-state index contributed by atoms with van der Waals surface area (Å²) in [4.78, 5) is 27.6. The molecule has 112 valence electrons. The van der Waals surface area contributed by atoms with E-state index in [9.17, 15) is 9.59 Å². The third-order valence-electron chi connectivity index (χ3n) is 3.75. The molecular weight excluding hydrogens is 280 g/mol. The number of para-hydroxylation sites is 1. The maximum Gasteiger partial charge on any atom is 0.300 e. The normalized spacial score (nSPS) is 13.3. The van der Waals surface area contributed by atoms with Gasteiger partial charge in [0.25, 0.3) is 5.78 Å². The van der Waals surface area contributed by atoms with Crippen LogP contribution in [0, 0.1) is 0 Å². The molecular formula is C17H16N2O3. The third-order valence-corrected chi connectivity index (χ3v) is 3.75. The average molecular weight is 296 g/mol. The van der Waals surface area contributed by atoms with E-state index in [0.29, 0.717) is 17.9 Å². The van der Waals surface area contributed by atoms with Gasteiger partial charge in [-0.3, -0.25) is 14.5 Å². The fourth-order valence-corrected chi connectivity index (χ4v) is 2.52. The second-order valence-electron chi connectivity index (χ2n) is 5.12. The lowest BCUT2D eigenvalue weighted by atomic mass is 10.1. The van der Waals surface area contributed by atoms with Crippen molar-refractivity contribution in [2.45, 2.75) is 0 Å². The molecule has 0 aliphatic carbocycles. The van der Waals surface area contributed by atoms with E-state index in [1.807, 2.05) is 42.3 Å². The van der Waals surface area contributed by atoms with Crippen molar-refractivity contribution in [3.63, 3.8) is 0 Å². The summed E-state index contributed by atoms with van der Waals surface area (Å²) >= 11 is 0. The van der Waals surface area contributed by atoms with E-state index in [1.165, 1.54) is 4.90 Å². The monoisotopic (exact) mass is 296 g/mol. The third kappa shape index (κ3) is 2.30. The molecule has 0 N–H and O–H groups in total. The van der Waals surface area contributed by atoms with Gasteiger partial charge < -0.3 is 9.64 Å². The van der Waals surface area contributed by atoms with Crippen LogP contribution in [0.3, 0.4) is 0 Å². The van der Waals surface area contributed by atoms with E-state index in [1.54, 1.807) is 25.3 Å². The summed E-state index contributed by atoms with van der Waals surface area (Å²) in [5.74, 6) is -0.157. The molecule has 1 heterocycles. The molecule has 5 nitrogen and oxygen atoms in total. The van der Waals surface area contributed by atoms with Crippen molar-refractivity contribution in [2.75, 3.05) is 30.6 Å². The number of anilines is 2. The predicted octanol–water partition coefficient (Wildman–Crippen LogP) is 2.32. The molecule has 1 aliphatic heterocycles. The van der Waals surface area contributed by atoms with E-state index in [2.05, 4.69) is 0 Å². The van der Waals surface area contributed by atoms with Crippen LogP contribution in [-0.2, 0) is 4.79 Å². The summed E-state index contributed by atoms with van der Waals surface area (Å²) in [6.45, 7) is 0.313. The van der Waals surface area contributed by atoms with Gasteiger partial charge in [0.05, 0.1) is 25.0 Å². The minimum atomic E-state index is -0.485. The van der Waals surface area contributed by atoms with Gasteiger partial charge in [0.1, 0.15) is 5.75 Å². The van der Waals surface area contributed by atoms with Crippen LogP contribution in [-0.4, -0.2) is 32.5 Å². The van der Waals surface area contributed by atoms with Gasteiger partial charge in [-0.1, -0.05) is 12.1 Å². The van der Waals surface area contributed by atoms with Crippen molar-refractivity contribution < 1.29 is 14.3 Å². The van der Waals surface area contributed by atoms with E-state index >= 15 is 0 Å². The number of Topliss-reactive ketones (excluding diaryl/α,β-unsaturated/α-hetero) is 1. The maximum absolute atomic E-state index is 12.2. The standard InChI is InChI=1S/C17H16N2O3/c1-18(12-7-9-13(22-2)10-8-12)11-19-15-6-4-3-5-14(15)16(20)17(19)21/h3-10H,11H2,1-2H3. The van der Waals surface area contributed by atoms with Crippen LogP contribution >= 0.6 is 0 Å². The molecule has 1 aliphatic rings. The minimum absolute atomic E-state index is 0.313. The molecule has 0 atom stereocenters. The SMILES string of the molecule is COc1ccc(N(C)CN2C(=O)C(=O)c3ccccc32)cc1. The highest BCUT2D eigenvalue weighted by atomic mass is 16.5. The number of ether oxygens (including phenoxy) is 1. The first-order valence-corrected chi connectivity index (χ1v) is 6.92. The number of amides is 1. The summed E-state index contributed by atoms with van der Waals surface area (Å²) in [7, 11) is 3.49. The largest absolute Gasteiger partial charge is 0.497 e. The highest BCUT2D eigenvalue weighted by molar-refractivity contribution is 6.52. The molecule has 1 amide bonds. The fourth-order valence-electron chi connectivity index (χ4n) is 2.52. The zero-order chi connectivity index (χ0) is 15.7. The van der Waals surface area contributed by atoms with E-state index < -0.39 is 11.7 Å². The number of carbonyl (C=O) groups excluding carboxylic acids is 2. The van der Waals surface area contributed by atoms with E-state index in [0.717, 1.165) is 11.4 Å². The van der Waals surface area contributed by atoms with Crippen LogP contribution in [0.25, 0.3) is 0 Å². The fraction of sp³-hybridized carbons (Fsp3) is 0.176. The van der Waals surface area contributed by atoms with Gasteiger partial charge in [0, 0.05) is 12.7 Å². The van der Waals surface area contributed by atoms with Gasteiger partial charge in [-0.2, -0.15) is 0 Å². The lowest BCUT2D eigenvalue weighted by molar-refractivity contribution is -0.114. The zero-order valence-corrected chi connectivity index (χ0v) is 12.4. The molecule has 0 bridgehead atoms. The number of rotatable bonds is 4. The Balaban J connectivity index is 1.83. The molecule has 0 spiro atoms. The van der Waals surface area contributed by atoms with Crippen molar-refractivity contribution in [3.05, 3.63) is 54.1 Å². The Morgan fingerprint density at radius 3 is 2.41 bits per heavy atom. The van der Waals surface area contributed by atoms with Crippen molar-refractivity contribution in [1.29, 1.82) is 0 Å². The Morgan fingerprint density at radius 1 is 1.05 bits per heavy atom. The molecule has 3 rings (SSSR count). The molecule has 0 saturated carbocycles. The van der Waals surface area contributed by atoms with Gasteiger partial charge in [-0.15, -0.1) is 0 Å². The predicted molar refractivity (Wildman–Crippen MR) is 84.5 cm³/mol. The van der Waals surface area contributed by atoms with Crippen LogP contribution in [0.4, 0.5) is 11.4 Å². The Labute approximate surface area is 128 Å². The number of hydrogen-bond acceptors (Lipinski definition) is 4. The van der Waals surface area contributed by atoms with Crippen LogP contribution in [0.1, 0.15) is 10.4 Å². The quantitative estimate of drug-likeness (QED) is 0.813. The molecule has 0 fully saturated rings. The smallest absolute Gasteiger partial charge is 0.300 e. The first-order valence-electron chi connectivity index (χ1n) is 6.92. The Hall–Kier alpha value is -2.82. The summed E-state index contributed by atoms with van der Waals surface area (Å²) < 4.78 is 5.13. The van der Waals surface area contributed by atoms with Gasteiger partial charge in [-0.25, -0.2) is 0 Å². The van der Waals surface area contributed by atoms with Crippen LogP contribution in [0.15, 0.2) is 48.5 Å². The Bertz CT molecular complexity index is 725. The van der Waals surface area contributed by atoms with E-state index in [-0.39, 0.29) is 0 Å². The minimum Gasteiger partial charge on any atom is -0.497 e. The summed E-state index contributed by atoms with van der Waals surface area (Å²) in [6, 6.07) is 14.6. The molecule has 0 radical (unpaired) electrons. The lowest BCUT2D eigenvalue weighted by Gasteiger charge is -2.26. The second-order valence-corrected chi connectivity index (χ2v) is 5.12. The van der Waals surface area contributed by atoms with Crippen LogP contribution < -0.4 is 14.5 Å². The van der Waals surface area contributed by atoms with E-state index in [4.69, 9.17) is 4.74 Å². The maximum atomic E-state index is 12.2. The molecule has 22 heavy (non-hydrogen) atoms. The number of methoxy groups -OCH3 is 1. The molecule has 2 aromatic carbocycles. The number of carbonyl (C=O) groups is 2. The average Bonchev–Trinajstić information content (AvgIpc) is 2.80. The Morgan fingerprint density at radius 2 is 1.73 bits per heavy atom. The van der Waals surface area contributed by atoms with Crippen molar-refractivity contribution in [1.82, 2.24) is 0 Å². The summed E-state index contributed by atoms with van der Waals surface area (Å²) in [5, 5.41) is 0. The Kier molecular flexibility index (Phi) is 3.55. The second kappa shape index (κ2) is 5.52. The van der Waals surface area contributed by atoms with Gasteiger partial charge in [-0.05, 0) is 36.4 Å². The molecule has 5 heteroatoms. The molecule has 2 aromatic rings. The summed E-state index contributed by atoms with van der Waals surface area (Å²) in [6.07, 6.45) is 0. The molecule has 0 saturated heterocycles. The van der Waals surface area contributed by atoms with Gasteiger partial charge in [0.15, 0.2) is 0 Å². The highest BCUT2D eigenvalue weighted by Gasteiger charge is 2.35. The number of nitrogens with zero attached hydrogens (tertiary/aromatic N) is 2. The zero-order valence-electron chi connectivity index (χ0n) is 12.4. The van der Waals surface area contributed by atoms with Crippen LogP contribution in [0.2, 0.25) is 0 Å². The topological polar surface area (TPSA) is 49.9 Å². The van der Waals surface area contributed by atoms with Crippen molar-refractivity contribution in [3.8, 4) is 5.75 Å². The van der Waals surface area contributed by atoms with Crippen molar-refractivity contribution >= 4 is 23.1 Å². The van der Waals surface area contributed by atoms with Gasteiger partial charge in [0.2, 0.25) is 0 Å². The summed E-state index contributed by atoms with van der Waals surface area (Å²) in [5.41, 5.74) is 2.07. The first-order chi connectivity index (χ1) is 10.6.